The zero-order chi connectivity index (χ0) is 16.4. The summed E-state index contributed by atoms with van der Waals surface area (Å²) >= 11 is 0. The maximum Gasteiger partial charge on any atom is 0.319 e. The number of amides is 2. The molecule has 2 amide bonds. The van der Waals surface area contributed by atoms with E-state index in [0.29, 0.717) is 30.4 Å². The lowest BCUT2D eigenvalue weighted by Gasteiger charge is -2.17. The van der Waals surface area contributed by atoms with Crippen LogP contribution in [0.2, 0.25) is 0 Å². The van der Waals surface area contributed by atoms with E-state index in [0.717, 1.165) is 0 Å². The van der Waals surface area contributed by atoms with Crippen LogP contribution in [-0.2, 0) is 9.47 Å². The van der Waals surface area contributed by atoms with Crippen molar-refractivity contribution in [2.75, 3.05) is 39.3 Å². The molecule has 0 aliphatic rings. The van der Waals surface area contributed by atoms with Crippen molar-refractivity contribution in [3.05, 3.63) is 18.2 Å². The van der Waals surface area contributed by atoms with Gasteiger partial charge in [0, 0.05) is 25.0 Å². The molecule has 0 atom stereocenters. The Hall–Kier alpha value is -1.99. The molecule has 0 saturated heterocycles. The second kappa shape index (κ2) is 9.86. The van der Waals surface area contributed by atoms with Crippen LogP contribution in [0.5, 0.6) is 11.5 Å². The molecular formula is C15H24N2O5. The normalized spacial score (nSPS) is 10.4. The van der Waals surface area contributed by atoms with E-state index in [1.54, 1.807) is 25.3 Å². The highest BCUT2D eigenvalue weighted by molar-refractivity contribution is 5.89. The number of carbonyl (C=O) groups is 1. The average molecular weight is 312 g/mol. The summed E-state index contributed by atoms with van der Waals surface area (Å²) in [6.07, 6.45) is -0.453. The van der Waals surface area contributed by atoms with Crippen molar-refractivity contribution in [3.63, 3.8) is 0 Å². The Kier molecular flexibility index (Phi) is 8.09. The molecule has 0 unspecified atom stereocenters. The molecule has 1 rings (SSSR count). The van der Waals surface area contributed by atoms with Gasteiger partial charge in [-0.15, -0.1) is 0 Å². The molecule has 22 heavy (non-hydrogen) atoms. The van der Waals surface area contributed by atoms with E-state index in [4.69, 9.17) is 18.9 Å². The third kappa shape index (κ3) is 5.79. The fourth-order valence-corrected chi connectivity index (χ4v) is 1.80. The van der Waals surface area contributed by atoms with Crippen LogP contribution in [0.1, 0.15) is 13.8 Å². The summed E-state index contributed by atoms with van der Waals surface area (Å²) in [5, 5.41) is 5.41. The van der Waals surface area contributed by atoms with Crippen LogP contribution in [0.3, 0.4) is 0 Å². The second-order valence-electron chi connectivity index (χ2n) is 4.25. The first-order valence-electron chi connectivity index (χ1n) is 7.14. The van der Waals surface area contributed by atoms with Gasteiger partial charge in [-0.25, -0.2) is 4.79 Å². The number of ether oxygens (including phenoxy) is 4. The Morgan fingerprint density at radius 3 is 2.27 bits per heavy atom. The van der Waals surface area contributed by atoms with Crippen LogP contribution in [0, 0.1) is 0 Å². The molecule has 0 heterocycles. The molecule has 0 spiro atoms. The Bertz CT molecular complexity index is 461. The molecule has 0 aliphatic heterocycles. The molecule has 1 aromatic rings. The van der Waals surface area contributed by atoms with Crippen molar-refractivity contribution in [2.45, 2.75) is 20.1 Å². The van der Waals surface area contributed by atoms with Gasteiger partial charge in [0.15, 0.2) is 17.8 Å². The number of hydrogen-bond acceptors (Lipinski definition) is 5. The molecule has 0 fully saturated rings. The van der Waals surface area contributed by atoms with E-state index in [2.05, 4.69) is 10.6 Å². The number of nitrogens with one attached hydrogen (secondary N) is 2. The summed E-state index contributed by atoms with van der Waals surface area (Å²) in [6, 6.07) is 4.78. The van der Waals surface area contributed by atoms with Crippen molar-refractivity contribution < 1.29 is 23.7 Å². The SMILES string of the molecule is CCOC(CNC(=O)Nc1ccc(OC)c(OC)c1)OCC. The highest BCUT2D eigenvalue weighted by Gasteiger charge is 2.11. The molecule has 1 aromatic carbocycles. The van der Waals surface area contributed by atoms with Gasteiger partial charge >= 0.3 is 6.03 Å². The van der Waals surface area contributed by atoms with Crippen molar-refractivity contribution in [3.8, 4) is 11.5 Å². The van der Waals surface area contributed by atoms with E-state index in [1.807, 2.05) is 13.8 Å². The Balaban J connectivity index is 2.54. The van der Waals surface area contributed by atoms with Gasteiger partial charge < -0.3 is 29.6 Å². The zero-order valence-electron chi connectivity index (χ0n) is 13.5. The molecule has 0 aliphatic carbocycles. The lowest BCUT2D eigenvalue weighted by atomic mass is 10.3. The smallest absolute Gasteiger partial charge is 0.319 e. The number of carbonyl (C=O) groups excluding carboxylic acids is 1. The predicted octanol–water partition coefficient (Wildman–Crippen LogP) is 2.22. The first kappa shape index (κ1) is 18.1. The second-order valence-corrected chi connectivity index (χ2v) is 4.25. The highest BCUT2D eigenvalue weighted by Crippen LogP contribution is 2.29. The highest BCUT2D eigenvalue weighted by atomic mass is 16.7. The van der Waals surface area contributed by atoms with Gasteiger partial charge in [0.2, 0.25) is 0 Å². The third-order valence-electron chi connectivity index (χ3n) is 2.78. The summed E-state index contributed by atoms with van der Waals surface area (Å²) in [5.74, 6) is 1.14. The Morgan fingerprint density at radius 1 is 1.09 bits per heavy atom. The minimum absolute atomic E-state index is 0.265. The minimum atomic E-state index is -0.453. The maximum atomic E-state index is 11.9. The monoisotopic (exact) mass is 312 g/mol. The molecule has 0 radical (unpaired) electrons. The summed E-state index contributed by atoms with van der Waals surface area (Å²) in [5.41, 5.74) is 0.597. The van der Waals surface area contributed by atoms with Crippen molar-refractivity contribution in [1.82, 2.24) is 5.32 Å². The van der Waals surface area contributed by atoms with E-state index in [9.17, 15) is 4.79 Å². The van der Waals surface area contributed by atoms with Gasteiger partial charge in [-0.2, -0.15) is 0 Å². The van der Waals surface area contributed by atoms with Crippen molar-refractivity contribution in [2.24, 2.45) is 0 Å². The quantitative estimate of drug-likeness (QED) is 0.684. The van der Waals surface area contributed by atoms with Gasteiger partial charge in [-0.3, -0.25) is 0 Å². The molecule has 2 N–H and O–H groups in total. The van der Waals surface area contributed by atoms with Crippen molar-refractivity contribution >= 4 is 11.7 Å². The van der Waals surface area contributed by atoms with Crippen LogP contribution >= 0.6 is 0 Å². The fourth-order valence-electron chi connectivity index (χ4n) is 1.80. The van der Waals surface area contributed by atoms with Crippen LogP contribution in [0.15, 0.2) is 18.2 Å². The van der Waals surface area contributed by atoms with Crippen LogP contribution in [0.4, 0.5) is 10.5 Å². The number of urea groups is 1. The summed E-state index contributed by atoms with van der Waals surface area (Å²) < 4.78 is 21.0. The number of rotatable bonds is 9. The minimum Gasteiger partial charge on any atom is -0.493 e. The molecule has 0 bridgehead atoms. The van der Waals surface area contributed by atoms with Crippen molar-refractivity contribution in [1.29, 1.82) is 0 Å². The summed E-state index contributed by atoms with van der Waals surface area (Å²) in [4.78, 5) is 11.9. The summed E-state index contributed by atoms with van der Waals surface area (Å²) in [7, 11) is 3.09. The van der Waals surface area contributed by atoms with Gasteiger partial charge in [-0.05, 0) is 26.0 Å². The van der Waals surface area contributed by atoms with Crippen LogP contribution < -0.4 is 20.1 Å². The lowest BCUT2D eigenvalue weighted by Crippen LogP contribution is -2.37. The Labute approximate surface area is 130 Å². The molecule has 7 nitrogen and oxygen atoms in total. The standard InChI is InChI=1S/C15H24N2O5/c1-5-21-14(22-6-2)10-16-15(18)17-11-7-8-12(19-3)13(9-11)20-4/h7-9,14H,5-6,10H2,1-4H3,(H2,16,17,18). The fraction of sp³-hybridized carbons (Fsp3) is 0.533. The molecule has 0 aromatic heterocycles. The van der Waals surface area contributed by atoms with E-state index < -0.39 is 6.29 Å². The van der Waals surface area contributed by atoms with Gasteiger partial charge in [0.05, 0.1) is 20.8 Å². The molecular weight excluding hydrogens is 288 g/mol. The zero-order valence-corrected chi connectivity index (χ0v) is 13.5. The average Bonchev–Trinajstić information content (AvgIpc) is 2.53. The molecule has 7 heteroatoms. The first-order chi connectivity index (χ1) is 10.6. The van der Waals surface area contributed by atoms with E-state index >= 15 is 0 Å². The number of hydrogen-bond donors (Lipinski definition) is 2. The number of benzene rings is 1. The first-order valence-corrected chi connectivity index (χ1v) is 7.14. The third-order valence-corrected chi connectivity index (χ3v) is 2.78. The van der Waals surface area contributed by atoms with E-state index in [1.165, 1.54) is 7.11 Å². The maximum absolute atomic E-state index is 11.9. The van der Waals surface area contributed by atoms with Crippen LogP contribution in [-0.4, -0.2) is 46.3 Å². The lowest BCUT2D eigenvalue weighted by molar-refractivity contribution is -0.131. The number of anilines is 1. The van der Waals surface area contributed by atoms with Crippen LogP contribution in [0.25, 0.3) is 0 Å². The topological polar surface area (TPSA) is 78.1 Å². The van der Waals surface area contributed by atoms with E-state index in [-0.39, 0.29) is 12.6 Å². The number of methoxy groups -OCH3 is 2. The van der Waals surface area contributed by atoms with Gasteiger partial charge in [-0.1, -0.05) is 0 Å². The molecule has 0 saturated carbocycles. The predicted molar refractivity (Wildman–Crippen MR) is 83.6 cm³/mol. The largest absolute Gasteiger partial charge is 0.493 e. The van der Waals surface area contributed by atoms with Gasteiger partial charge in [0.1, 0.15) is 0 Å². The Morgan fingerprint density at radius 2 is 1.73 bits per heavy atom. The summed E-state index contributed by atoms with van der Waals surface area (Å²) in [6.45, 7) is 5.04. The molecule has 124 valence electrons. The van der Waals surface area contributed by atoms with Gasteiger partial charge in [0.25, 0.3) is 0 Å².